The van der Waals surface area contributed by atoms with E-state index in [0.717, 1.165) is 0 Å². The first kappa shape index (κ1) is 40.3. The maximum atomic E-state index is 13.5. The third-order valence-electron chi connectivity index (χ3n) is 7.84. The van der Waals surface area contributed by atoms with Crippen LogP contribution in [0.5, 0.6) is 0 Å². The molecule has 2 unspecified atom stereocenters. The standard InChI is InChI=1S/C33H44N6O11S/c1-7-13-47-29(43)25-26(19(5)24-23(20(6)40)28(42)39(24)25)51-21-17-22(38(18-21)33(46)50-16-10-4)27(41)34-11-12-35-30(36-31(44)48-14-8-2)37-32(45)49-15-9-3/h7-10,19-24,40H,1-4,11-18H2,5-6H3,(H,34,41)(H2,35,36,37,44,45)/t19-,20-,21+,22+,23?,24?/m1/s1. The van der Waals surface area contributed by atoms with E-state index in [-0.39, 0.29) is 76.0 Å². The molecule has 0 aromatic heterocycles. The van der Waals surface area contributed by atoms with Crippen LogP contribution in [0.4, 0.5) is 14.4 Å². The van der Waals surface area contributed by atoms with Crippen LogP contribution < -0.4 is 16.0 Å². The predicted molar refractivity (Wildman–Crippen MR) is 186 cm³/mol. The summed E-state index contributed by atoms with van der Waals surface area (Å²) in [6, 6.07) is -1.44. The number of fused-ring (bicyclic) bond motifs is 1. The van der Waals surface area contributed by atoms with E-state index < -0.39 is 59.5 Å². The molecule has 4 N–H and O–H groups in total. The van der Waals surface area contributed by atoms with Gasteiger partial charge in [-0.25, -0.2) is 19.2 Å². The Labute approximate surface area is 299 Å². The van der Waals surface area contributed by atoms with E-state index in [4.69, 9.17) is 18.9 Å². The van der Waals surface area contributed by atoms with Crippen molar-refractivity contribution in [3.63, 3.8) is 0 Å². The van der Waals surface area contributed by atoms with Crippen LogP contribution in [-0.4, -0.2) is 126 Å². The summed E-state index contributed by atoms with van der Waals surface area (Å²) in [4.78, 5) is 84.1. The number of guanidine groups is 1. The molecule has 3 aliphatic rings. The Bertz CT molecular complexity index is 1440. The summed E-state index contributed by atoms with van der Waals surface area (Å²) in [6.45, 7) is 16.9. The van der Waals surface area contributed by atoms with Crippen LogP contribution >= 0.6 is 11.8 Å². The lowest BCUT2D eigenvalue weighted by molar-refractivity contribution is -0.164. The molecule has 278 valence electrons. The Kier molecular flexibility index (Phi) is 15.3. The summed E-state index contributed by atoms with van der Waals surface area (Å²) in [5, 5.41) is 17.1. The molecule has 0 aromatic carbocycles. The highest BCUT2D eigenvalue weighted by molar-refractivity contribution is 8.03. The third kappa shape index (κ3) is 10.2. The zero-order valence-corrected chi connectivity index (χ0v) is 29.4. The maximum absolute atomic E-state index is 13.5. The van der Waals surface area contributed by atoms with Crippen molar-refractivity contribution >= 4 is 53.8 Å². The zero-order chi connectivity index (χ0) is 37.7. The van der Waals surface area contributed by atoms with Crippen molar-refractivity contribution < 1.29 is 52.8 Å². The van der Waals surface area contributed by atoms with Crippen molar-refractivity contribution in [3.8, 4) is 0 Å². The smallest absolute Gasteiger partial charge is 0.414 e. The second kappa shape index (κ2) is 19.3. The Balaban J connectivity index is 1.76. The van der Waals surface area contributed by atoms with Crippen molar-refractivity contribution in [2.75, 3.05) is 46.1 Å². The van der Waals surface area contributed by atoms with E-state index in [1.54, 1.807) is 0 Å². The molecule has 51 heavy (non-hydrogen) atoms. The molecule has 17 nitrogen and oxygen atoms in total. The molecule has 5 amide bonds. The van der Waals surface area contributed by atoms with Gasteiger partial charge >= 0.3 is 24.2 Å². The predicted octanol–water partition coefficient (Wildman–Crippen LogP) is 1.58. The van der Waals surface area contributed by atoms with Gasteiger partial charge in [-0.2, -0.15) is 0 Å². The fraction of sp³-hybridized carbons (Fsp3) is 0.485. The van der Waals surface area contributed by atoms with E-state index >= 15 is 0 Å². The topological polar surface area (TPSA) is 214 Å². The zero-order valence-electron chi connectivity index (χ0n) is 28.5. The molecular formula is C33H44N6O11S. The van der Waals surface area contributed by atoms with Crippen LogP contribution in [0.15, 0.2) is 66.2 Å². The SMILES string of the molecule is C=CCOC(=O)NC(=NCCNC(=O)[C@@H]1C[C@H](SC2=C(C(=O)OCC=C)N3C(=O)C([C@@H](C)O)C3[C@H]2C)CN1C(=O)OCC=C)NC(=O)OCC=C. The van der Waals surface area contributed by atoms with Crippen LogP contribution in [0.2, 0.25) is 0 Å². The van der Waals surface area contributed by atoms with Crippen LogP contribution in [-0.2, 0) is 33.3 Å². The highest BCUT2D eigenvalue weighted by Gasteiger charge is 2.60. The number of hydrogen-bond donors (Lipinski definition) is 4. The number of aliphatic hydroxyl groups excluding tert-OH is 1. The van der Waals surface area contributed by atoms with Crippen molar-refractivity contribution in [2.24, 2.45) is 16.8 Å². The number of β-lactam (4-membered cyclic amide) rings is 1. The van der Waals surface area contributed by atoms with Gasteiger partial charge in [0.15, 0.2) is 0 Å². The van der Waals surface area contributed by atoms with Gasteiger partial charge in [0.25, 0.3) is 0 Å². The summed E-state index contributed by atoms with van der Waals surface area (Å²) in [5.74, 6) is -2.98. The largest absolute Gasteiger partial charge is 0.457 e. The van der Waals surface area contributed by atoms with Crippen molar-refractivity contribution in [1.29, 1.82) is 0 Å². The van der Waals surface area contributed by atoms with Gasteiger partial charge in [-0.1, -0.05) is 57.5 Å². The molecule has 3 heterocycles. The monoisotopic (exact) mass is 732 g/mol. The maximum Gasteiger partial charge on any atom is 0.414 e. The first-order chi connectivity index (χ1) is 24.4. The lowest BCUT2D eigenvalue weighted by atomic mass is 9.79. The molecule has 0 spiro atoms. The minimum absolute atomic E-state index is 0.0676. The van der Waals surface area contributed by atoms with E-state index in [2.05, 4.69) is 47.3 Å². The quantitative estimate of drug-likeness (QED) is 0.0339. The molecule has 0 aromatic rings. The molecule has 3 aliphatic heterocycles. The Morgan fingerprint density at radius 2 is 1.53 bits per heavy atom. The number of thioether (sulfide) groups is 1. The number of hydrogen-bond acceptors (Lipinski definition) is 13. The molecular weight excluding hydrogens is 688 g/mol. The molecule has 0 radical (unpaired) electrons. The van der Waals surface area contributed by atoms with Crippen molar-refractivity contribution in [3.05, 3.63) is 61.2 Å². The van der Waals surface area contributed by atoms with Crippen LogP contribution in [0.3, 0.4) is 0 Å². The minimum atomic E-state index is -0.986. The summed E-state index contributed by atoms with van der Waals surface area (Å²) in [5.41, 5.74) is 0.0765. The second-order valence-corrected chi connectivity index (χ2v) is 12.8. The highest BCUT2D eigenvalue weighted by Crippen LogP contribution is 2.52. The Morgan fingerprint density at radius 1 is 0.961 bits per heavy atom. The summed E-state index contributed by atoms with van der Waals surface area (Å²) in [7, 11) is 0. The van der Waals surface area contributed by atoms with Gasteiger partial charge in [-0.15, -0.1) is 11.8 Å². The summed E-state index contributed by atoms with van der Waals surface area (Å²) >= 11 is 1.27. The molecule has 3 rings (SSSR count). The van der Waals surface area contributed by atoms with E-state index in [1.807, 2.05) is 6.92 Å². The number of ether oxygens (including phenoxy) is 4. The number of nitrogens with zero attached hydrogens (tertiary/aromatic N) is 3. The molecule has 0 bridgehead atoms. The van der Waals surface area contributed by atoms with E-state index in [0.29, 0.717) is 4.91 Å². The van der Waals surface area contributed by atoms with Gasteiger partial charge in [-0.3, -0.25) is 30.1 Å². The molecule has 6 atom stereocenters. The Morgan fingerprint density at radius 3 is 2.10 bits per heavy atom. The summed E-state index contributed by atoms with van der Waals surface area (Å²) < 4.78 is 20.3. The second-order valence-electron chi connectivity index (χ2n) is 11.4. The number of amides is 5. The van der Waals surface area contributed by atoms with Gasteiger partial charge in [0.2, 0.25) is 17.8 Å². The fourth-order valence-electron chi connectivity index (χ4n) is 5.71. The number of rotatable bonds is 16. The Hall–Kier alpha value is -5.10. The van der Waals surface area contributed by atoms with Crippen molar-refractivity contribution in [2.45, 2.75) is 43.7 Å². The molecule has 0 aliphatic carbocycles. The molecule has 2 saturated heterocycles. The fourth-order valence-corrected chi connectivity index (χ4v) is 7.23. The highest BCUT2D eigenvalue weighted by atomic mass is 32.2. The first-order valence-electron chi connectivity index (χ1n) is 16.1. The number of esters is 1. The van der Waals surface area contributed by atoms with E-state index in [9.17, 15) is 33.9 Å². The minimum Gasteiger partial charge on any atom is -0.457 e. The lowest BCUT2D eigenvalue weighted by Gasteiger charge is -2.46. The third-order valence-corrected chi connectivity index (χ3v) is 9.33. The first-order valence-corrected chi connectivity index (χ1v) is 16.9. The summed E-state index contributed by atoms with van der Waals surface area (Å²) in [6.07, 6.45) is 2.10. The average molecular weight is 733 g/mol. The number of carbonyl (C=O) groups is 6. The van der Waals surface area contributed by atoms with Gasteiger partial charge in [0, 0.05) is 29.2 Å². The van der Waals surface area contributed by atoms with Gasteiger partial charge in [0.05, 0.1) is 24.6 Å². The number of nitrogens with one attached hydrogen (secondary N) is 3. The van der Waals surface area contributed by atoms with E-state index in [1.165, 1.54) is 52.8 Å². The molecule has 18 heteroatoms. The number of aliphatic hydroxyl groups is 1. The average Bonchev–Trinajstić information content (AvgIpc) is 3.62. The number of carbonyl (C=O) groups excluding carboxylic acids is 6. The van der Waals surface area contributed by atoms with Crippen molar-refractivity contribution in [1.82, 2.24) is 25.8 Å². The molecule has 0 saturated carbocycles. The number of aliphatic imine (C=N–C) groups is 1. The normalized spacial score (nSPS) is 22.3. The van der Waals surface area contributed by atoms with Crippen LogP contribution in [0.25, 0.3) is 0 Å². The van der Waals surface area contributed by atoms with Crippen LogP contribution in [0, 0.1) is 11.8 Å². The van der Waals surface area contributed by atoms with Crippen LogP contribution in [0.1, 0.15) is 20.3 Å². The van der Waals surface area contributed by atoms with Gasteiger partial charge < -0.3 is 34.3 Å². The van der Waals surface area contributed by atoms with Gasteiger partial charge in [0.1, 0.15) is 38.2 Å². The molecule has 2 fully saturated rings. The lowest BCUT2D eigenvalue weighted by Crippen LogP contribution is -2.63. The number of likely N-dealkylation sites (tertiary alicyclic amines) is 1. The van der Waals surface area contributed by atoms with Gasteiger partial charge in [-0.05, 0) is 13.3 Å². The number of alkyl carbamates (subject to hydrolysis) is 2.